The lowest BCUT2D eigenvalue weighted by molar-refractivity contribution is 0.0518. The molecule has 1 aliphatic heterocycles. The van der Waals surface area contributed by atoms with Crippen molar-refractivity contribution in [3.05, 3.63) is 66.8 Å². The molecule has 0 unspecified atom stereocenters. The highest BCUT2D eigenvalue weighted by Gasteiger charge is 2.27. The first-order valence-electron chi connectivity index (χ1n) is 9.17. The Bertz CT molecular complexity index is 803. The van der Waals surface area contributed by atoms with Gasteiger partial charge in [-0.2, -0.15) is 0 Å². The van der Waals surface area contributed by atoms with Crippen LogP contribution in [0.15, 0.2) is 55.4 Å². The average molecular weight is 351 g/mol. The SMILES string of the molecule is Cn1ccnc1[C@H](NCc1ccc(-n2ccnc2)cc1)C1CCOCC1. The minimum atomic E-state index is 0.243. The van der Waals surface area contributed by atoms with Gasteiger partial charge in [-0.3, -0.25) is 0 Å². The average Bonchev–Trinajstić information content (AvgIpc) is 3.36. The number of nitrogens with zero attached hydrogens (tertiary/aromatic N) is 4. The molecule has 1 aliphatic rings. The minimum Gasteiger partial charge on any atom is -0.381 e. The van der Waals surface area contributed by atoms with Crippen molar-refractivity contribution in [2.24, 2.45) is 13.0 Å². The van der Waals surface area contributed by atoms with E-state index in [1.165, 1.54) is 5.56 Å². The van der Waals surface area contributed by atoms with Gasteiger partial charge in [-0.15, -0.1) is 0 Å². The third kappa shape index (κ3) is 3.71. The van der Waals surface area contributed by atoms with Gasteiger partial charge in [-0.25, -0.2) is 9.97 Å². The molecule has 0 spiro atoms. The zero-order valence-electron chi connectivity index (χ0n) is 15.1. The summed E-state index contributed by atoms with van der Waals surface area (Å²) in [6.45, 7) is 2.50. The quantitative estimate of drug-likeness (QED) is 0.742. The van der Waals surface area contributed by atoms with E-state index in [0.717, 1.165) is 44.1 Å². The Hall–Kier alpha value is -2.44. The summed E-state index contributed by atoms with van der Waals surface area (Å²) >= 11 is 0. The Morgan fingerprint density at radius 1 is 1.15 bits per heavy atom. The Labute approximate surface area is 153 Å². The van der Waals surface area contributed by atoms with Crippen LogP contribution in [0.3, 0.4) is 0 Å². The maximum atomic E-state index is 5.55. The summed E-state index contributed by atoms with van der Waals surface area (Å²) < 4.78 is 9.68. The Morgan fingerprint density at radius 3 is 2.62 bits per heavy atom. The van der Waals surface area contributed by atoms with E-state index in [1.807, 2.05) is 29.5 Å². The van der Waals surface area contributed by atoms with Gasteiger partial charge < -0.3 is 19.2 Å². The van der Waals surface area contributed by atoms with Gasteiger partial charge in [0.25, 0.3) is 0 Å². The molecule has 1 aromatic carbocycles. The van der Waals surface area contributed by atoms with Gasteiger partial charge in [0.15, 0.2) is 0 Å². The topological polar surface area (TPSA) is 56.9 Å². The highest BCUT2D eigenvalue weighted by Crippen LogP contribution is 2.29. The minimum absolute atomic E-state index is 0.243. The molecule has 2 aromatic heterocycles. The molecule has 0 radical (unpaired) electrons. The Morgan fingerprint density at radius 2 is 1.96 bits per heavy atom. The van der Waals surface area contributed by atoms with Crippen LogP contribution in [-0.2, 0) is 18.3 Å². The number of rotatable bonds is 6. The Balaban J connectivity index is 1.46. The maximum absolute atomic E-state index is 5.55. The van der Waals surface area contributed by atoms with E-state index in [0.29, 0.717) is 5.92 Å². The standard InChI is InChI=1S/C20H25N5O/c1-24-10-9-22-20(24)19(17-6-12-26-13-7-17)23-14-16-2-4-18(5-3-16)25-11-8-21-15-25/h2-5,8-11,15,17,19,23H,6-7,12-14H2,1H3/t19-/m1/s1. The fourth-order valence-corrected chi connectivity index (χ4v) is 3.62. The second kappa shape index (κ2) is 7.85. The number of hydrogen-bond acceptors (Lipinski definition) is 4. The van der Waals surface area contributed by atoms with Crippen LogP contribution >= 0.6 is 0 Å². The molecule has 136 valence electrons. The normalized spacial score (nSPS) is 16.7. The van der Waals surface area contributed by atoms with Crippen LogP contribution in [0.5, 0.6) is 0 Å². The summed E-state index contributed by atoms with van der Waals surface area (Å²) in [6.07, 6.45) is 11.6. The molecule has 1 fully saturated rings. The molecule has 6 nitrogen and oxygen atoms in total. The van der Waals surface area contributed by atoms with Crippen LogP contribution in [-0.4, -0.2) is 32.3 Å². The smallest absolute Gasteiger partial charge is 0.125 e. The van der Waals surface area contributed by atoms with Crippen LogP contribution in [0.1, 0.15) is 30.3 Å². The highest BCUT2D eigenvalue weighted by molar-refractivity contribution is 5.34. The molecule has 1 atom stereocenters. The first kappa shape index (κ1) is 17.0. The number of ether oxygens (including phenoxy) is 1. The molecule has 4 rings (SSSR count). The summed E-state index contributed by atoms with van der Waals surface area (Å²) in [7, 11) is 2.07. The van der Waals surface area contributed by atoms with E-state index in [9.17, 15) is 0 Å². The third-order valence-electron chi connectivity index (χ3n) is 5.14. The summed E-state index contributed by atoms with van der Waals surface area (Å²) in [5.74, 6) is 1.65. The van der Waals surface area contributed by atoms with E-state index in [1.54, 1.807) is 6.20 Å². The molecule has 0 saturated carbocycles. The van der Waals surface area contributed by atoms with Crippen molar-refractivity contribution in [3.8, 4) is 5.69 Å². The number of nitrogens with one attached hydrogen (secondary N) is 1. The van der Waals surface area contributed by atoms with E-state index < -0.39 is 0 Å². The first-order chi connectivity index (χ1) is 12.8. The third-order valence-corrected chi connectivity index (χ3v) is 5.14. The van der Waals surface area contributed by atoms with Gasteiger partial charge in [0.05, 0.1) is 12.4 Å². The Kier molecular flexibility index (Phi) is 5.13. The highest BCUT2D eigenvalue weighted by atomic mass is 16.5. The second-order valence-corrected chi connectivity index (χ2v) is 6.84. The van der Waals surface area contributed by atoms with Gasteiger partial charge in [0.1, 0.15) is 5.82 Å². The summed E-state index contributed by atoms with van der Waals surface area (Å²) in [6, 6.07) is 8.84. The lowest BCUT2D eigenvalue weighted by Crippen LogP contribution is -2.33. The molecule has 3 aromatic rings. The fraction of sp³-hybridized carbons (Fsp3) is 0.400. The van der Waals surface area contributed by atoms with Crippen LogP contribution < -0.4 is 5.32 Å². The van der Waals surface area contributed by atoms with Gasteiger partial charge in [0.2, 0.25) is 0 Å². The zero-order chi connectivity index (χ0) is 17.8. The molecular weight excluding hydrogens is 326 g/mol. The van der Waals surface area contributed by atoms with Crippen molar-refractivity contribution in [2.75, 3.05) is 13.2 Å². The van der Waals surface area contributed by atoms with Crippen molar-refractivity contribution in [1.82, 2.24) is 24.4 Å². The van der Waals surface area contributed by atoms with Gasteiger partial charge in [-0.05, 0) is 36.5 Å². The van der Waals surface area contributed by atoms with Crippen molar-refractivity contribution in [2.45, 2.75) is 25.4 Å². The molecule has 0 bridgehead atoms. The molecule has 3 heterocycles. The van der Waals surface area contributed by atoms with Crippen LogP contribution in [0.25, 0.3) is 5.69 Å². The summed E-state index contributed by atoms with van der Waals surface area (Å²) in [5, 5.41) is 3.75. The van der Waals surface area contributed by atoms with Gasteiger partial charge in [0, 0.05) is 57.3 Å². The van der Waals surface area contributed by atoms with Gasteiger partial charge >= 0.3 is 0 Å². The fourth-order valence-electron chi connectivity index (χ4n) is 3.62. The van der Waals surface area contributed by atoms with E-state index in [4.69, 9.17) is 4.74 Å². The van der Waals surface area contributed by atoms with Crippen LogP contribution in [0, 0.1) is 5.92 Å². The van der Waals surface area contributed by atoms with E-state index in [-0.39, 0.29) is 6.04 Å². The monoisotopic (exact) mass is 351 g/mol. The van der Waals surface area contributed by atoms with Crippen molar-refractivity contribution in [3.63, 3.8) is 0 Å². The van der Waals surface area contributed by atoms with Crippen LogP contribution in [0.4, 0.5) is 0 Å². The van der Waals surface area contributed by atoms with Crippen molar-refractivity contribution in [1.29, 1.82) is 0 Å². The number of aryl methyl sites for hydroxylation is 1. The molecule has 1 saturated heterocycles. The summed E-state index contributed by atoms with van der Waals surface area (Å²) in [5.41, 5.74) is 2.39. The van der Waals surface area contributed by atoms with E-state index >= 15 is 0 Å². The molecule has 1 N–H and O–H groups in total. The second-order valence-electron chi connectivity index (χ2n) is 6.84. The first-order valence-corrected chi connectivity index (χ1v) is 9.17. The lowest BCUT2D eigenvalue weighted by atomic mass is 9.91. The maximum Gasteiger partial charge on any atom is 0.125 e. The van der Waals surface area contributed by atoms with E-state index in [2.05, 4.69) is 51.2 Å². The molecule has 6 heteroatoms. The predicted molar refractivity (Wildman–Crippen MR) is 99.9 cm³/mol. The number of imidazole rings is 2. The molecule has 0 amide bonds. The van der Waals surface area contributed by atoms with Crippen molar-refractivity contribution < 1.29 is 4.74 Å². The summed E-state index contributed by atoms with van der Waals surface area (Å²) in [4.78, 5) is 8.70. The predicted octanol–water partition coefficient (Wildman–Crippen LogP) is 2.86. The lowest BCUT2D eigenvalue weighted by Gasteiger charge is -2.30. The zero-order valence-corrected chi connectivity index (χ0v) is 15.1. The number of aromatic nitrogens is 4. The molecular formula is C20H25N5O. The number of hydrogen-bond donors (Lipinski definition) is 1. The molecule has 0 aliphatic carbocycles. The number of benzene rings is 1. The van der Waals surface area contributed by atoms with Crippen molar-refractivity contribution >= 4 is 0 Å². The largest absolute Gasteiger partial charge is 0.381 e. The molecule has 26 heavy (non-hydrogen) atoms. The van der Waals surface area contributed by atoms with Gasteiger partial charge in [-0.1, -0.05) is 12.1 Å². The van der Waals surface area contributed by atoms with Crippen LogP contribution in [0.2, 0.25) is 0 Å².